The zero-order valence-electron chi connectivity index (χ0n) is 31.2. The number of aromatic nitrogens is 1. The lowest BCUT2D eigenvalue weighted by molar-refractivity contribution is -0.120. The number of nitrogens with one attached hydrogen (secondary N) is 1. The van der Waals surface area contributed by atoms with Crippen molar-refractivity contribution >= 4 is 66.0 Å². The van der Waals surface area contributed by atoms with Crippen LogP contribution in [0.3, 0.4) is 0 Å². The topological polar surface area (TPSA) is 96.4 Å². The predicted molar refractivity (Wildman–Crippen MR) is 216 cm³/mol. The molecule has 5 heterocycles. The molecule has 7 nitrogen and oxygen atoms in total. The number of carbonyl (C=O) groups excluding carboxylic acids is 4. The summed E-state index contributed by atoms with van der Waals surface area (Å²) in [5.74, 6) is -1.70. The van der Waals surface area contributed by atoms with Crippen molar-refractivity contribution in [3.8, 4) is 0 Å². The molecule has 8 rings (SSSR count). The van der Waals surface area contributed by atoms with E-state index in [1.807, 2.05) is 56.0 Å². The number of hydrogen-bond acceptors (Lipinski definition) is 9. The SMILES string of the molecule is CC(=O)C1=C(C)N(CC(=O)C2=C(C)NC(C)=C(C(=O)c3cccnc3)C2c2csc3ccccc23)C2=C(C(=O)CC(C)(C)C2)C1c1csc2ccccc12. The number of thiophene rings is 2. The Hall–Kier alpha value is -5.25. The third-order valence-corrected chi connectivity index (χ3v) is 13.1. The molecule has 2 atom stereocenters. The molecule has 0 spiro atoms. The number of hydrogen-bond donors (Lipinski definition) is 1. The van der Waals surface area contributed by atoms with Crippen LogP contribution in [0.5, 0.6) is 0 Å². The number of ketones is 4. The molecule has 2 aliphatic heterocycles. The van der Waals surface area contributed by atoms with Crippen LogP contribution in [0.4, 0.5) is 0 Å². The quantitative estimate of drug-likeness (QED) is 0.158. The Bertz CT molecular complexity index is 2560. The first-order valence-electron chi connectivity index (χ1n) is 18.2. The van der Waals surface area contributed by atoms with E-state index in [0.717, 1.165) is 37.0 Å². The fourth-order valence-electron chi connectivity index (χ4n) is 8.86. The second-order valence-electron chi connectivity index (χ2n) is 15.4. The van der Waals surface area contributed by atoms with E-state index in [1.165, 1.54) is 0 Å². The summed E-state index contributed by atoms with van der Waals surface area (Å²) in [4.78, 5) is 64.1. The maximum absolute atomic E-state index is 15.3. The Kier molecular flexibility index (Phi) is 8.98. The molecule has 0 saturated carbocycles. The van der Waals surface area contributed by atoms with Gasteiger partial charge in [-0.05, 0) is 96.5 Å². The van der Waals surface area contributed by atoms with Gasteiger partial charge in [-0.3, -0.25) is 24.2 Å². The van der Waals surface area contributed by atoms with Crippen LogP contribution < -0.4 is 5.32 Å². The van der Waals surface area contributed by atoms with Crippen molar-refractivity contribution in [3.63, 3.8) is 0 Å². The lowest BCUT2D eigenvalue weighted by Crippen LogP contribution is -2.43. The molecular weight excluding hydrogens is 711 g/mol. The molecular formula is C45H41N3O4S2. The molecule has 3 aliphatic rings. The van der Waals surface area contributed by atoms with Gasteiger partial charge in [0.1, 0.15) is 0 Å². The monoisotopic (exact) mass is 751 g/mol. The Morgan fingerprint density at radius 1 is 0.815 bits per heavy atom. The largest absolute Gasteiger partial charge is 0.362 e. The van der Waals surface area contributed by atoms with E-state index in [0.29, 0.717) is 57.8 Å². The maximum Gasteiger partial charge on any atom is 0.193 e. The first kappa shape index (κ1) is 35.8. The molecule has 5 aromatic rings. The van der Waals surface area contributed by atoms with Crippen LogP contribution in [0.25, 0.3) is 20.2 Å². The van der Waals surface area contributed by atoms with E-state index in [2.05, 4.69) is 53.1 Å². The van der Waals surface area contributed by atoms with Gasteiger partial charge in [0.15, 0.2) is 23.1 Å². The second kappa shape index (κ2) is 13.6. The fourth-order valence-corrected chi connectivity index (χ4v) is 10.8. The van der Waals surface area contributed by atoms with Crippen molar-refractivity contribution in [2.75, 3.05) is 6.54 Å². The van der Waals surface area contributed by atoms with Crippen LogP contribution in [0.15, 0.2) is 129 Å². The van der Waals surface area contributed by atoms with Gasteiger partial charge in [-0.25, -0.2) is 0 Å². The molecule has 54 heavy (non-hydrogen) atoms. The Morgan fingerprint density at radius 2 is 1.43 bits per heavy atom. The smallest absolute Gasteiger partial charge is 0.193 e. The number of benzene rings is 2. The first-order chi connectivity index (χ1) is 25.9. The summed E-state index contributed by atoms with van der Waals surface area (Å²) in [5, 5.41) is 9.55. The molecule has 1 N–H and O–H groups in total. The van der Waals surface area contributed by atoms with Crippen LogP contribution in [-0.2, 0) is 14.4 Å². The minimum Gasteiger partial charge on any atom is -0.362 e. The number of fused-ring (bicyclic) bond motifs is 2. The number of carbonyl (C=O) groups is 4. The summed E-state index contributed by atoms with van der Waals surface area (Å²) in [6.45, 7) is 11.3. The highest BCUT2D eigenvalue weighted by Gasteiger charge is 2.46. The van der Waals surface area contributed by atoms with Crippen LogP contribution in [0.1, 0.15) is 87.7 Å². The van der Waals surface area contributed by atoms with E-state index in [-0.39, 0.29) is 35.1 Å². The van der Waals surface area contributed by atoms with Crippen molar-refractivity contribution in [3.05, 3.63) is 146 Å². The molecule has 2 unspecified atom stereocenters. The van der Waals surface area contributed by atoms with Gasteiger partial charge < -0.3 is 10.2 Å². The van der Waals surface area contributed by atoms with Gasteiger partial charge in [0.05, 0.1) is 6.54 Å². The molecule has 2 aromatic carbocycles. The van der Waals surface area contributed by atoms with Crippen molar-refractivity contribution < 1.29 is 19.2 Å². The van der Waals surface area contributed by atoms with Gasteiger partial charge in [-0.1, -0.05) is 50.2 Å². The summed E-state index contributed by atoms with van der Waals surface area (Å²) < 4.78 is 2.16. The minimum absolute atomic E-state index is 0.00508. The Labute approximate surface area is 322 Å². The highest BCUT2D eigenvalue weighted by Crippen LogP contribution is 2.52. The zero-order chi connectivity index (χ0) is 38.1. The van der Waals surface area contributed by atoms with E-state index in [1.54, 1.807) is 54.1 Å². The lowest BCUT2D eigenvalue weighted by atomic mass is 9.67. The molecule has 9 heteroatoms. The number of rotatable bonds is 8. The van der Waals surface area contributed by atoms with E-state index in [4.69, 9.17) is 0 Å². The molecule has 0 bridgehead atoms. The number of dihydropyridines is 1. The summed E-state index contributed by atoms with van der Waals surface area (Å²) in [6, 6.07) is 19.7. The third kappa shape index (κ3) is 5.90. The molecule has 1 aliphatic carbocycles. The van der Waals surface area contributed by atoms with Gasteiger partial charge in [0.25, 0.3) is 0 Å². The average molecular weight is 752 g/mol. The first-order valence-corrected chi connectivity index (χ1v) is 20.0. The van der Waals surface area contributed by atoms with Crippen LogP contribution in [0, 0.1) is 5.41 Å². The van der Waals surface area contributed by atoms with Gasteiger partial charge in [0.2, 0.25) is 0 Å². The highest BCUT2D eigenvalue weighted by molar-refractivity contribution is 7.17. The van der Waals surface area contributed by atoms with Crippen LogP contribution in [0.2, 0.25) is 0 Å². The van der Waals surface area contributed by atoms with E-state index >= 15 is 4.79 Å². The molecule has 0 amide bonds. The molecule has 3 aromatic heterocycles. The lowest BCUT2D eigenvalue weighted by Gasteiger charge is -2.45. The summed E-state index contributed by atoms with van der Waals surface area (Å²) in [5.41, 5.74) is 6.88. The fraction of sp³-hybridized carbons (Fsp3) is 0.267. The van der Waals surface area contributed by atoms with Gasteiger partial charge in [-0.15, -0.1) is 22.7 Å². The molecule has 0 saturated heterocycles. The number of nitrogens with zero attached hydrogens (tertiary/aromatic N) is 2. The molecule has 272 valence electrons. The average Bonchev–Trinajstić information content (AvgIpc) is 3.76. The van der Waals surface area contributed by atoms with E-state index in [9.17, 15) is 14.4 Å². The molecule has 0 radical (unpaired) electrons. The number of allylic oxidation sites excluding steroid dienone is 7. The second-order valence-corrected chi connectivity index (χ2v) is 17.2. The van der Waals surface area contributed by atoms with Gasteiger partial charge >= 0.3 is 0 Å². The van der Waals surface area contributed by atoms with Crippen molar-refractivity contribution in [2.45, 2.75) is 66.2 Å². The Morgan fingerprint density at radius 3 is 2.04 bits per heavy atom. The number of pyridine rings is 1. The predicted octanol–water partition coefficient (Wildman–Crippen LogP) is 9.80. The Balaban J connectivity index is 1.28. The maximum atomic E-state index is 15.3. The third-order valence-electron chi connectivity index (χ3n) is 11.1. The normalized spacial score (nSPS) is 20.2. The van der Waals surface area contributed by atoms with Crippen molar-refractivity contribution in [1.29, 1.82) is 0 Å². The van der Waals surface area contributed by atoms with Crippen LogP contribution >= 0.6 is 22.7 Å². The summed E-state index contributed by atoms with van der Waals surface area (Å²) in [7, 11) is 0. The van der Waals surface area contributed by atoms with Crippen molar-refractivity contribution in [2.24, 2.45) is 5.41 Å². The minimum atomic E-state index is -0.660. The summed E-state index contributed by atoms with van der Waals surface area (Å²) >= 11 is 3.20. The zero-order valence-corrected chi connectivity index (χ0v) is 32.8. The summed E-state index contributed by atoms with van der Waals surface area (Å²) in [6.07, 6.45) is 4.12. The van der Waals surface area contributed by atoms with Gasteiger partial charge in [-0.2, -0.15) is 0 Å². The van der Waals surface area contributed by atoms with Crippen LogP contribution in [-0.4, -0.2) is 39.6 Å². The van der Waals surface area contributed by atoms with Gasteiger partial charge in [0, 0.05) is 90.7 Å². The van der Waals surface area contributed by atoms with Crippen molar-refractivity contribution in [1.82, 2.24) is 15.2 Å². The van der Waals surface area contributed by atoms with E-state index < -0.39 is 11.8 Å². The standard InChI is InChI=1S/C45H41N3O4S2/c1-24-38(41(31-22-53-36-15-9-7-13-29(31)36)39(25(2)47-24)44(52)28-12-11-17-46-20-28)35(51)21-48-26(3)40(27(4)49)42(32-23-54-37-16-10-8-14-30(32)37)43-33(48)18-45(5,6)19-34(43)50/h7-17,20,22-23,41-42,47H,18-19,21H2,1-6H3. The highest BCUT2D eigenvalue weighted by atomic mass is 32.1. The molecule has 0 fully saturated rings. The number of Topliss-reactive ketones (excluding diaryl/α,β-unsaturated/α-hetero) is 4.